The second-order valence-corrected chi connectivity index (χ2v) is 6.06. The van der Waals surface area contributed by atoms with Crippen molar-refractivity contribution < 1.29 is 18.3 Å². The summed E-state index contributed by atoms with van der Waals surface area (Å²) in [6.45, 7) is 2.69. The molecule has 2 aromatic rings. The molecule has 2 heterocycles. The maximum absolute atomic E-state index is 14.2. The quantitative estimate of drug-likeness (QED) is 0.860. The van der Waals surface area contributed by atoms with Crippen molar-refractivity contribution in [2.24, 2.45) is 0 Å². The van der Waals surface area contributed by atoms with Gasteiger partial charge in [0.25, 0.3) is 5.91 Å². The van der Waals surface area contributed by atoms with Gasteiger partial charge in [0, 0.05) is 31.7 Å². The van der Waals surface area contributed by atoms with E-state index in [1.807, 2.05) is 0 Å². The van der Waals surface area contributed by atoms with Crippen LogP contribution in [0.1, 0.15) is 37.1 Å². The molecule has 1 amide bonds. The highest BCUT2D eigenvalue weighted by atomic mass is 19.1. The zero-order chi connectivity index (χ0) is 17.2. The maximum atomic E-state index is 14.2. The number of hydrogen-bond donors (Lipinski definition) is 0. The number of halogens is 1. The smallest absolute Gasteiger partial charge is 0.259 e. The summed E-state index contributed by atoms with van der Waals surface area (Å²) < 4.78 is 24.9. The van der Waals surface area contributed by atoms with Gasteiger partial charge in [-0.15, -0.1) is 10.2 Å². The molecule has 1 aliphatic rings. The molecule has 3 rings (SSSR count). The molecule has 1 aliphatic heterocycles. The van der Waals surface area contributed by atoms with Crippen LogP contribution in [-0.4, -0.2) is 41.2 Å². The van der Waals surface area contributed by atoms with E-state index in [1.54, 1.807) is 30.0 Å². The largest absolute Gasteiger partial charge is 0.428 e. The lowest BCUT2D eigenvalue weighted by Gasteiger charge is -2.37. The van der Waals surface area contributed by atoms with Gasteiger partial charge in [0.2, 0.25) is 12.3 Å². The van der Waals surface area contributed by atoms with Crippen molar-refractivity contribution in [1.29, 1.82) is 0 Å². The highest BCUT2D eigenvalue weighted by Crippen LogP contribution is 2.33. The van der Waals surface area contributed by atoms with Crippen molar-refractivity contribution in [1.82, 2.24) is 15.1 Å². The number of hydrogen-bond acceptors (Lipinski definition) is 5. The molecule has 0 radical (unpaired) electrons. The first-order valence-electron chi connectivity index (χ1n) is 7.92. The lowest BCUT2D eigenvalue weighted by atomic mass is 9.90. The average Bonchev–Trinajstić information content (AvgIpc) is 3.15. The van der Waals surface area contributed by atoms with Crippen LogP contribution >= 0.6 is 0 Å². The topological polar surface area (TPSA) is 68.5 Å². The second-order valence-electron chi connectivity index (χ2n) is 6.06. The highest BCUT2D eigenvalue weighted by Gasteiger charge is 2.41. The molecule has 1 aromatic carbocycles. The number of nitrogens with zero attached hydrogens (tertiary/aromatic N) is 3. The summed E-state index contributed by atoms with van der Waals surface area (Å²) in [6.07, 6.45) is 2.77. The molecular weight excluding hydrogens is 313 g/mol. The number of ether oxygens (including phenoxy) is 1. The number of piperidine rings is 1. The zero-order valence-corrected chi connectivity index (χ0v) is 13.7. The number of methoxy groups -OCH3 is 1. The molecule has 0 saturated carbocycles. The van der Waals surface area contributed by atoms with Gasteiger partial charge in [0.1, 0.15) is 5.82 Å². The minimum absolute atomic E-state index is 0.152. The van der Waals surface area contributed by atoms with E-state index >= 15 is 0 Å². The molecule has 1 atom stereocenters. The standard InChI is InChI=1S/C17H20FN3O3/c1-17(23-2,13-5-3-4-6-14(13)18)16(22)21-9-7-12(8-10-21)15-20-19-11-24-15/h3-6,11-12H,7-10H2,1-2H3/t17-/m0/s1. The molecule has 1 fully saturated rings. The highest BCUT2D eigenvalue weighted by molar-refractivity contribution is 5.86. The average molecular weight is 333 g/mol. The Morgan fingerprint density at radius 1 is 1.38 bits per heavy atom. The molecule has 0 aliphatic carbocycles. The first kappa shape index (κ1) is 16.6. The van der Waals surface area contributed by atoms with Gasteiger partial charge in [-0.2, -0.15) is 0 Å². The van der Waals surface area contributed by atoms with Crippen molar-refractivity contribution in [3.05, 3.63) is 47.9 Å². The summed E-state index contributed by atoms with van der Waals surface area (Å²) in [5.41, 5.74) is -1.10. The van der Waals surface area contributed by atoms with Crippen molar-refractivity contribution in [3.63, 3.8) is 0 Å². The van der Waals surface area contributed by atoms with E-state index < -0.39 is 11.4 Å². The van der Waals surface area contributed by atoms with E-state index in [2.05, 4.69) is 10.2 Å². The third-order valence-electron chi connectivity index (χ3n) is 4.71. The van der Waals surface area contributed by atoms with Gasteiger partial charge in [-0.3, -0.25) is 4.79 Å². The van der Waals surface area contributed by atoms with Crippen LogP contribution in [0, 0.1) is 5.82 Å². The van der Waals surface area contributed by atoms with Crippen molar-refractivity contribution in [2.75, 3.05) is 20.2 Å². The third-order valence-corrected chi connectivity index (χ3v) is 4.71. The second kappa shape index (κ2) is 6.68. The number of rotatable bonds is 4. The van der Waals surface area contributed by atoms with E-state index in [0.29, 0.717) is 19.0 Å². The molecule has 1 aromatic heterocycles. The minimum atomic E-state index is -1.34. The molecule has 6 nitrogen and oxygen atoms in total. The third kappa shape index (κ3) is 2.91. The van der Waals surface area contributed by atoms with E-state index in [-0.39, 0.29) is 17.4 Å². The van der Waals surface area contributed by atoms with Crippen LogP contribution in [0.2, 0.25) is 0 Å². The lowest BCUT2D eigenvalue weighted by molar-refractivity contribution is -0.155. The van der Waals surface area contributed by atoms with Crippen LogP contribution in [0.4, 0.5) is 4.39 Å². The molecule has 0 unspecified atom stereocenters. The van der Waals surface area contributed by atoms with E-state index in [0.717, 1.165) is 12.8 Å². The van der Waals surface area contributed by atoms with Crippen LogP contribution < -0.4 is 0 Å². The van der Waals surface area contributed by atoms with Gasteiger partial charge in [-0.25, -0.2) is 4.39 Å². The number of aromatic nitrogens is 2. The Morgan fingerprint density at radius 2 is 2.08 bits per heavy atom. The monoisotopic (exact) mass is 333 g/mol. The van der Waals surface area contributed by atoms with Gasteiger partial charge in [-0.1, -0.05) is 18.2 Å². The molecule has 1 saturated heterocycles. The fourth-order valence-electron chi connectivity index (χ4n) is 3.15. The van der Waals surface area contributed by atoms with Gasteiger partial charge in [0.05, 0.1) is 0 Å². The predicted octanol–water partition coefficient (Wildman–Crippen LogP) is 2.48. The Labute approximate surface area is 139 Å². The van der Waals surface area contributed by atoms with Crippen LogP contribution in [-0.2, 0) is 15.1 Å². The normalized spacial score (nSPS) is 18.4. The summed E-state index contributed by atoms with van der Waals surface area (Å²) >= 11 is 0. The lowest BCUT2D eigenvalue weighted by Crippen LogP contribution is -2.49. The Kier molecular flexibility index (Phi) is 4.62. The fraction of sp³-hybridized carbons (Fsp3) is 0.471. The molecule has 128 valence electrons. The van der Waals surface area contributed by atoms with E-state index in [9.17, 15) is 9.18 Å². The molecular formula is C17H20FN3O3. The molecule has 0 spiro atoms. The van der Waals surface area contributed by atoms with E-state index in [1.165, 1.54) is 19.6 Å². The van der Waals surface area contributed by atoms with E-state index in [4.69, 9.17) is 9.15 Å². The number of carbonyl (C=O) groups is 1. The van der Waals surface area contributed by atoms with Crippen LogP contribution in [0.5, 0.6) is 0 Å². The van der Waals surface area contributed by atoms with Crippen molar-refractivity contribution in [3.8, 4) is 0 Å². The van der Waals surface area contributed by atoms with Gasteiger partial charge >= 0.3 is 0 Å². The summed E-state index contributed by atoms with van der Waals surface area (Å²) in [5.74, 6) is 0.0690. The summed E-state index contributed by atoms with van der Waals surface area (Å²) in [6, 6.07) is 6.21. The van der Waals surface area contributed by atoms with Crippen molar-refractivity contribution >= 4 is 5.91 Å². The first-order valence-corrected chi connectivity index (χ1v) is 7.92. The number of benzene rings is 1. The number of likely N-dealkylation sites (tertiary alicyclic amines) is 1. The molecule has 0 bridgehead atoms. The Hall–Kier alpha value is -2.28. The fourth-order valence-corrected chi connectivity index (χ4v) is 3.15. The van der Waals surface area contributed by atoms with Gasteiger partial charge in [-0.05, 0) is 25.8 Å². The number of amides is 1. The number of carbonyl (C=O) groups excluding carboxylic acids is 1. The summed E-state index contributed by atoms with van der Waals surface area (Å²) in [5, 5.41) is 7.63. The molecule has 24 heavy (non-hydrogen) atoms. The summed E-state index contributed by atoms with van der Waals surface area (Å²) in [7, 11) is 1.43. The van der Waals surface area contributed by atoms with Crippen LogP contribution in [0.25, 0.3) is 0 Å². The van der Waals surface area contributed by atoms with Crippen LogP contribution in [0.15, 0.2) is 35.1 Å². The Balaban J connectivity index is 1.75. The molecule has 0 N–H and O–H groups in total. The SMILES string of the molecule is CO[C@](C)(C(=O)N1CCC(c2nnco2)CC1)c1ccccc1F. The van der Waals surface area contributed by atoms with Crippen LogP contribution in [0.3, 0.4) is 0 Å². The van der Waals surface area contributed by atoms with Gasteiger partial charge in [0.15, 0.2) is 5.60 Å². The zero-order valence-electron chi connectivity index (χ0n) is 13.7. The molecule has 7 heteroatoms. The minimum Gasteiger partial charge on any atom is -0.428 e. The van der Waals surface area contributed by atoms with Crippen molar-refractivity contribution in [2.45, 2.75) is 31.3 Å². The Bertz CT molecular complexity index is 699. The van der Waals surface area contributed by atoms with Gasteiger partial charge < -0.3 is 14.1 Å². The first-order chi connectivity index (χ1) is 11.6. The Morgan fingerprint density at radius 3 is 2.67 bits per heavy atom. The predicted molar refractivity (Wildman–Crippen MR) is 83.6 cm³/mol. The summed E-state index contributed by atoms with van der Waals surface area (Å²) in [4.78, 5) is 14.7. The maximum Gasteiger partial charge on any atom is 0.259 e.